The van der Waals surface area contributed by atoms with Crippen molar-refractivity contribution in [1.29, 1.82) is 0 Å². The van der Waals surface area contributed by atoms with Crippen LogP contribution in [-0.4, -0.2) is 16.1 Å². The van der Waals surface area contributed by atoms with Gasteiger partial charge in [-0.3, -0.25) is 0 Å². The van der Waals surface area contributed by atoms with Gasteiger partial charge in [0, 0.05) is 34.1 Å². The second-order valence-corrected chi connectivity index (χ2v) is 30.6. The molecular formula is C61H56N2Si2. The highest BCUT2D eigenvalue weighted by Crippen LogP contribution is 2.64. The van der Waals surface area contributed by atoms with Crippen LogP contribution in [0.1, 0.15) is 33.4 Å². The Morgan fingerprint density at radius 1 is 0.308 bits per heavy atom. The number of hydrogen-bond donors (Lipinski definition) is 0. The molecule has 0 amide bonds. The van der Waals surface area contributed by atoms with Crippen LogP contribution in [-0.2, 0) is 5.41 Å². The van der Waals surface area contributed by atoms with E-state index in [1.807, 2.05) is 0 Å². The zero-order valence-corrected chi connectivity index (χ0v) is 40.9. The third-order valence-electron chi connectivity index (χ3n) is 14.1. The highest BCUT2D eigenvalue weighted by atomic mass is 28.3. The van der Waals surface area contributed by atoms with E-state index in [4.69, 9.17) is 0 Å². The van der Waals surface area contributed by atoms with Crippen molar-refractivity contribution in [2.75, 3.05) is 9.80 Å². The van der Waals surface area contributed by atoms with E-state index >= 15 is 0 Å². The monoisotopic (exact) mass is 872 g/mol. The Morgan fingerprint density at radius 2 is 0.692 bits per heavy atom. The number of aryl methyl sites for hydroxylation is 2. The van der Waals surface area contributed by atoms with Crippen LogP contribution in [0.5, 0.6) is 0 Å². The van der Waals surface area contributed by atoms with Gasteiger partial charge in [-0.25, -0.2) is 0 Å². The number of rotatable bonds is 8. The molecule has 0 aromatic heterocycles. The third kappa shape index (κ3) is 6.73. The van der Waals surface area contributed by atoms with E-state index in [1.54, 1.807) is 0 Å². The van der Waals surface area contributed by atoms with Gasteiger partial charge < -0.3 is 9.80 Å². The van der Waals surface area contributed by atoms with Crippen molar-refractivity contribution in [2.24, 2.45) is 0 Å². The standard InChI is InChI=1S/C61H56N2Si2/c1-41-17-22-45(23-18-41)62(47-27-32-51(33-28-47)64(3,4)5)49-26-21-43-38-56-55-36-31-50(63(46-24-19-42(2)20-25-46)48-29-34-52(35-30-48)65(6,7)8)40-60(55)61(59(56)39-44(43)37-49)57-15-11-9-13-53(57)54-14-10-12-16-58(54)61/h9-40H,1-8H3. The molecule has 0 unspecified atom stereocenters. The Bertz CT molecular complexity index is 3230. The van der Waals surface area contributed by atoms with E-state index in [0.717, 1.165) is 22.7 Å². The molecule has 318 valence electrons. The van der Waals surface area contributed by atoms with Crippen LogP contribution < -0.4 is 20.2 Å². The maximum atomic E-state index is 2.53. The highest BCUT2D eigenvalue weighted by molar-refractivity contribution is 6.89. The van der Waals surface area contributed by atoms with Crippen molar-refractivity contribution in [2.45, 2.75) is 58.5 Å². The minimum atomic E-state index is -1.49. The summed E-state index contributed by atoms with van der Waals surface area (Å²) in [7, 11) is -2.97. The van der Waals surface area contributed by atoms with Gasteiger partial charge in [0.1, 0.15) is 0 Å². The molecule has 9 aromatic carbocycles. The number of fused-ring (bicyclic) bond motifs is 11. The van der Waals surface area contributed by atoms with Crippen LogP contribution in [0.25, 0.3) is 33.0 Å². The Morgan fingerprint density at radius 3 is 1.17 bits per heavy atom. The van der Waals surface area contributed by atoms with E-state index in [2.05, 4.69) is 257 Å². The molecule has 4 heteroatoms. The number of hydrogen-bond acceptors (Lipinski definition) is 2. The molecule has 0 saturated heterocycles. The molecule has 0 saturated carbocycles. The maximum absolute atomic E-state index is 2.53. The molecule has 2 aliphatic rings. The molecule has 0 bridgehead atoms. The van der Waals surface area contributed by atoms with Crippen molar-refractivity contribution in [3.05, 3.63) is 228 Å². The van der Waals surface area contributed by atoms with Gasteiger partial charge in [-0.1, -0.05) is 170 Å². The van der Waals surface area contributed by atoms with Crippen LogP contribution in [0.3, 0.4) is 0 Å². The quantitative estimate of drug-likeness (QED) is 0.140. The topological polar surface area (TPSA) is 6.48 Å². The molecule has 2 nitrogen and oxygen atoms in total. The molecule has 11 rings (SSSR count). The van der Waals surface area contributed by atoms with E-state index in [9.17, 15) is 0 Å². The average molecular weight is 873 g/mol. The summed E-state index contributed by atoms with van der Waals surface area (Å²) in [6, 6.07) is 74.3. The van der Waals surface area contributed by atoms with Crippen molar-refractivity contribution in [1.82, 2.24) is 0 Å². The van der Waals surface area contributed by atoms with Crippen molar-refractivity contribution < 1.29 is 0 Å². The van der Waals surface area contributed by atoms with Gasteiger partial charge in [-0.05, 0) is 154 Å². The van der Waals surface area contributed by atoms with E-state index in [0.29, 0.717) is 0 Å². The lowest BCUT2D eigenvalue weighted by Crippen LogP contribution is -2.37. The van der Waals surface area contributed by atoms with Crippen LogP contribution in [0.2, 0.25) is 39.3 Å². The number of benzene rings is 9. The van der Waals surface area contributed by atoms with E-state index < -0.39 is 21.6 Å². The lowest BCUT2D eigenvalue weighted by Gasteiger charge is -2.32. The fraction of sp³-hybridized carbons (Fsp3) is 0.148. The molecule has 0 radical (unpaired) electrons. The van der Waals surface area contributed by atoms with Gasteiger partial charge >= 0.3 is 0 Å². The average Bonchev–Trinajstić information content (AvgIpc) is 3.76. The Hall–Kier alpha value is -6.73. The second-order valence-electron chi connectivity index (χ2n) is 20.4. The summed E-state index contributed by atoms with van der Waals surface area (Å²) < 4.78 is 0. The lowest BCUT2D eigenvalue weighted by atomic mass is 9.70. The van der Waals surface area contributed by atoms with Crippen LogP contribution in [0.15, 0.2) is 194 Å². The van der Waals surface area contributed by atoms with Crippen molar-refractivity contribution in [3.63, 3.8) is 0 Å². The Balaban J connectivity index is 1.13. The largest absolute Gasteiger partial charge is 0.310 e. The summed E-state index contributed by atoms with van der Waals surface area (Å²) in [5.41, 5.74) is 19.5. The first-order valence-corrected chi connectivity index (χ1v) is 30.2. The molecule has 0 atom stereocenters. The molecule has 0 aliphatic heterocycles. The summed E-state index contributed by atoms with van der Waals surface area (Å²) in [6.07, 6.45) is 0. The molecular weight excluding hydrogens is 817 g/mol. The summed E-state index contributed by atoms with van der Waals surface area (Å²) in [5, 5.41) is 5.40. The minimum absolute atomic E-state index is 0.512. The van der Waals surface area contributed by atoms with E-state index in [1.165, 1.54) is 88.2 Å². The molecule has 0 N–H and O–H groups in total. The van der Waals surface area contributed by atoms with Gasteiger partial charge in [0.15, 0.2) is 0 Å². The van der Waals surface area contributed by atoms with Gasteiger partial charge in [-0.2, -0.15) is 0 Å². The van der Waals surface area contributed by atoms with E-state index in [-0.39, 0.29) is 0 Å². The lowest BCUT2D eigenvalue weighted by molar-refractivity contribution is 0.795. The number of nitrogens with zero attached hydrogens (tertiary/aromatic N) is 2. The first kappa shape index (κ1) is 41.0. The molecule has 2 aliphatic carbocycles. The minimum Gasteiger partial charge on any atom is -0.310 e. The molecule has 0 fully saturated rings. The zero-order valence-electron chi connectivity index (χ0n) is 38.9. The van der Waals surface area contributed by atoms with Crippen molar-refractivity contribution >= 4 is 71.4 Å². The maximum Gasteiger partial charge on any atom is 0.0775 e. The first-order valence-electron chi connectivity index (χ1n) is 23.2. The van der Waals surface area contributed by atoms with Gasteiger partial charge in [0.05, 0.1) is 21.6 Å². The SMILES string of the molecule is Cc1ccc(N(c2ccc([Si](C)(C)C)cc2)c2ccc3c(c2)C2(c4ccccc4-c4ccccc42)c2cc4cc(N(c5ccc(C)cc5)c5ccc([Si](C)(C)C)cc5)ccc4cc2-3)cc1. The third-order valence-corrected chi connectivity index (χ3v) is 18.2. The Labute approximate surface area is 387 Å². The van der Waals surface area contributed by atoms with Crippen LogP contribution in [0, 0.1) is 13.8 Å². The zero-order chi connectivity index (χ0) is 44.8. The molecule has 65 heavy (non-hydrogen) atoms. The van der Waals surface area contributed by atoms with Gasteiger partial charge in [-0.15, -0.1) is 0 Å². The van der Waals surface area contributed by atoms with Crippen LogP contribution in [0.4, 0.5) is 34.1 Å². The predicted octanol–water partition coefficient (Wildman–Crippen LogP) is 15.8. The smallest absolute Gasteiger partial charge is 0.0775 e. The fourth-order valence-corrected chi connectivity index (χ4v) is 13.0. The summed E-state index contributed by atoms with van der Waals surface area (Å²) in [6.45, 7) is 18.9. The Kier molecular flexibility index (Phi) is 9.58. The second kappa shape index (κ2) is 15.2. The molecule has 9 aromatic rings. The molecule has 0 heterocycles. The highest BCUT2D eigenvalue weighted by Gasteiger charge is 2.52. The summed E-state index contributed by atoms with van der Waals surface area (Å²) in [5.74, 6) is 0. The number of anilines is 6. The summed E-state index contributed by atoms with van der Waals surface area (Å²) >= 11 is 0. The first-order chi connectivity index (χ1) is 31.3. The normalized spacial score (nSPS) is 13.4. The fourth-order valence-electron chi connectivity index (χ4n) is 10.6. The summed E-state index contributed by atoms with van der Waals surface area (Å²) in [4.78, 5) is 4.88. The van der Waals surface area contributed by atoms with Gasteiger partial charge in [0.25, 0.3) is 0 Å². The van der Waals surface area contributed by atoms with Gasteiger partial charge in [0.2, 0.25) is 0 Å². The predicted molar refractivity (Wildman–Crippen MR) is 285 cm³/mol. The molecule has 1 spiro atoms. The van der Waals surface area contributed by atoms with Crippen LogP contribution >= 0.6 is 0 Å². The van der Waals surface area contributed by atoms with Crippen molar-refractivity contribution in [3.8, 4) is 22.3 Å².